The van der Waals surface area contributed by atoms with Gasteiger partial charge in [-0.25, -0.2) is 0 Å². The summed E-state index contributed by atoms with van der Waals surface area (Å²) in [5.74, 6) is 0.446. The van der Waals surface area contributed by atoms with E-state index in [2.05, 4.69) is 43.1 Å². The van der Waals surface area contributed by atoms with Crippen molar-refractivity contribution in [3.8, 4) is 0 Å². The van der Waals surface area contributed by atoms with E-state index in [-0.39, 0.29) is 6.10 Å². The summed E-state index contributed by atoms with van der Waals surface area (Å²) in [6.07, 6.45) is 5.74. The van der Waals surface area contributed by atoms with Crippen LogP contribution in [0.2, 0.25) is 0 Å². The highest BCUT2D eigenvalue weighted by Gasteiger charge is 2.40. The number of aryl methyl sites for hydroxylation is 1. The van der Waals surface area contributed by atoms with Crippen LogP contribution in [0, 0.1) is 5.92 Å². The molecule has 0 aromatic heterocycles. The number of hydrogen-bond donors (Lipinski definition) is 1. The monoisotopic (exact) mass is 259 g/mol. The van der Waals surface area contributed by atoms with Gasteiger partial charge in [0.25, 0.3) is 0 Å². The van der Waals surface area contributed by atoms with E-state index in [9.17, 15) is 5.11 Å². The minimum absolute atomic E-state index is 0.275. The third-order valence-electron chi connectivity index (χ3n) is 5.31. The molecular formula is C17H25NO. The largest absolute Gasteiger partial charge is 0.388 e. The molecule has 0 spiro atoms. The minimum Gasteiger partial charge on any atom is -0.388 e. The number of piperidine rings is 1. The van der Waals surface area contributed by atoms with Crippen LogP contribution in [0.3, 0.4) is 0 Å². The number of nitrogens with zero attached hydrogens (tertiary/aromatic N) is 1. The number of aliphatic hydroxyl groups excluding tert-OH is 1. The molecule has 2 aliphatic rings. The van der Waals surface area contributed by atoms with Crippen molar-refractivity contribution in [3.63, 3.8) is 0 Å². The zero-order valence-corrected chi connectivity index (χ0v) is 12.0. The van der Waals surface area contributed by atoms with Crippen molar-refractivity contribution in [2.75, 3.05) is 7.05 Å². The lowest BCUT2D eigenvalue weighted by molar-refractivity contribution is 0.0356. The van der Waals surface area contributed by atoms with Gasteiger partial charge in [0.1, 0.15) is 0 Å². The molecule has 3 unspecified atom stereocenters. The van der Waals surface area contributed by atoms with Crippen LogP contribution in [0.25, 0.3) is 0 Å². The fourth-order valence-electron chi connectivity index (χ4n) is 3.93. The first-order valence-electron chi connectivity index (χ1n) is 7.68. The fourth-order valence-corrected chi connectivity index (χ4v) is 3.93. The van der Waals surface area contributed by atoms with Gasteiger partial charge in [-0.1, -0.05) is 31.2 Å². The lowest BCUT2D eigenvalue weighted by Gasteiger charge is -2.38. The normalized spacial score (nSPS) is 32.5. The topological polar surface area (TPSA) is 23.5 Å². The molecule has 2 bridgehead atoms. The molecule has 0 radical (unpaired) electrons. The Morgan fingerprint density at radius 2 is 1.74 bits per heavy atom. The summed E-state index contributed by atoms with van der Waals surface area (Å²) < 4.78 is 0. The van der Waals surface area contributed by atoms with E-state index >= 15 is 0 Å². The molecule has 104 valence electrons. The van der Waals surface area contributed by atoms with Gasteiger partial charge in [-0.3, -0.25) is 0 Å². The maximum atomic E-state index is 10.6. The van der Waals surface area contributed by atoms with Crippen molar-refractivity contribution in [1.82, 2.24) is 4.90 Å². The maximum Gasteiger partial charge on any atom is 0.0819 e. The van der Waals surface area contributed by atoms with Gasteiger partial charge >= 0.3 is 0 Å². The standard InChI is InChI=1S/C17H25NO/c1-3-12-4-6-13(7-5-12)17(19)14-10-15-8-9-16(11-14)18(15)2/h4-7,14-17,19H,3,8-11H2,1-2H3. The van der Waals surface area contributed by atoms with Crippen LogP contribution >= 0.6 is 0 Å². The van der Waals surface area contributed by atoms with Crippen LogP contribution in [-0.4, -0.2) is 29.1 Å². The molecule has 2 fully saturated rings. The maximum absolute atomic E-state index is 10.6. The molecule has 2 aliphatic heterocycles. The van der Waals surface area contributed by atoms with Gasteiger partial charge < -0.3 is 10.0 Å². The Balaban J connectivity index is 1.71. The van der Waals surface area contributed by atoms with Crippen molar-refractivity contribution < 1.29 is 5.11 Å². The smallest absolute Gasteiger partial charge is 0.0819 e. The Morgan fingerprint density at radius 1 is 1.16 bits per heavy atom. The van der Waals surface area contributed by atoms with Gasteiger partial charge in [0.05, 0.1) is 6.10 Å². The molecule has 3 rings (SSSR count). The highest BCUT2D eigenvalue weighted by Crippen LogP contribution is 2.42. The van der Waals surface area contributed by atoms with Crippen LogP contribution < -0.4 is 0 Å². The summed E-state index contributed by atoms with van der Waals surface area (Å²) in [5, 5.41) is 10.6. The van der Waals surface area contributed by atoms with Crippen molar-refractivity contribution in [2.45, 2.75) is 57.2 Å². The second-order valence-electron chi connectivity index (χ2n) is 6.32. The summed E-state index contributed by atoms with van der Waals surface area (Å²) in [6.45, 7) is 2.17. The molecule has 2 heterocycles. The van der Waals surface area contributed by atoms with Crippen molar-refractivity contribution in [3.05, 3.63) is 35.4 Å². The van der Waals surface area contributed by atoms with Crippen molar-refractivity contribution in [1.29, 1.82) is 0 Å². The minimum atomic E-state index is -0.275. The van der Waals surface area contributed by atoms with E-state index in [0.29, 0.717) is 18.0 Å². The molecule has 3 atom stereocenters. The second-order valence-corrected chi connectivity index (χ2v) is 6.32. The molecule has 2 saturated heterocycles. The quantitative estimate of drug-likeness (QED) is 0.901. The molecule has 0 saturated carbocycles. The molecule has 0 aliphatic carbocycles. The zero-order valence-electron chi connectivity index (χ0n) is 12.0. The van der Waals surface area contributed by atoms with E-state index in [1.807, 2.05) is 0 Å². The zero-order chi connectivity index (χ0) is 13.4. The lowest BCUT2D eigenvalue weighted by Crippen LogP contribution is -2.41. The van der Waals surface area contributed by atoms with Gasteiger partial charge in [0.15, 0.2) is 0 Å². The van der Waals surface area contributed by atoms with E-state index in [1.54, 1.807) is 0 Å². The molecule has 0 amide bonds. The molecule has 1 aromatic carbocycles. The first-order valence-corrected chi connectivity index (χ1v) is 7.68. The molecular weight excluding hydrogens is 234 g/mol. The predicted octanol–water partition coefficient (Wildman–Crippen LogP) is 3.16. The van der Waals surface area contributed by atoms with Crippen molar-refractivity contribution >= 4 is 0 Å². The van der Waals surface area contributed by atoms with Crippen LogP contribution in [0.1, 0.15) is 49.8 Å². The molecule has 19 heavy (non-hydrogen) atoms. The van der Waals surface area contributed by atoms with Gasteiger partial charge in [0.2, 0.25) is 0 Å². The van der Waals surface area contributed by atoms with E-state index < -0.39 is 0 Å². The summed E-state index contributed by atoms with van der Waals surface area (Å²) in [6, 6.07) is 9.94. The first kappa shape index (κ1) is 13.1. The third-order valence-corrected chi connectivity index (χ3v) is 5.31. The number of fused-ring (bicyclic) bond motifs is 2. The Bertz CT molecular complexity index is 413. The number of rotatable bonds is 3. The second kappa shape index (κ2) is 5.26. The average Bonchev–Trinajstić information content (AvgIpc) is 2.68. The predicted molar refractivity (Wildman–Crippen MR) is 78.1 cm³/mol. The van der Waals surface area contributed by atoms with Gasteiger partial charge in [-0.2, -0.15) is 0 Å². The molecule has 2 nitrogen and oxygen atoms in total. The Kier molecular flexibility index (Phi) is 3.64. The number of aliphatic hydroxyl groups is 1. The summed E-state index contributed by atoms with van der Waals surface area (Å²) >= 11 is 0. The molecule has 1 N–H and O–H groups in total. The van der Waals surface area contributed by atoms with Gasteiger partial charge in [-0.15, -0.1) is 0 Å². The third kappa shape index (κ3) is 2.44. The fraction of sp³-hybridized carbons (Fsp3) is 0.647. The highest BCUT2D eigenvalue weighted by molar-refractivity contribution is 5.24. The number of benzene rings is 1. The van der Waals surface area contributed by atoms with Crippen LogP contribution in [-0.2, 0) is 6.42 Å². The van der Waals surface area contributed by atoms with E-state index in [0.717, 1.165) is 24.8 Å². The Labute approximate surface area is 116 Å². The highest BCUT2D eigenvalue weighted by atomic mass is 16.3. The average molecular weight is 259 g/mol. The summed E-state index contributed by atoms with van der Waals surface area (Å²) in [4.78, 5) is 2.53. The van der Waals surface area contributed by atoms with Crippen LogP contribution in [0.4, 0.5) is 0 Å². The lowest BCUT2D eigenvalue weighted by atomic mass is 9.83. The SMILES string of the molecule is CCc1ccc(C(O)C2CC3CCC(C2)N3C)cc1. The summed E-state index contributed by atoms with van der Waals surface area (Å²) in [5.41, 5.74) is 2.45. The molecule has 2 heteroatoms. The van der Waals surface area contributed by atoms with Crippen molar-refractivity contribution in [2.24, 2.45) is 5.92 Å². The van der Waals surface area contributed by atoms with Crippen LogP contribution in [0.15, 0.2) is 24.3 Å². The van der Waals surface area contributed by atoms with Gasteiger partial charge in [0, 0.05) is 12.1 Å². The van der Waals surface area contributed by atoms with E-state index in [4.69, 9.17) is 0 Å². The number of hydrogen-bond acceptors (Lipinski definition) is 2. The Hall–Kier alpha value is -0.860. The molecule has 1 aromatic rings. The Morgan fingerprint density at radius 3 is 2.26 bits per heavy atom. The first-order chi connectivity index (χ1) is 9.19. The van der Waals surface area contributed by atoms with Crippen LogP contribution in [0.5, 0.6) is 0 Å². The summed E-state index contributed by atoms with van der Waals surface area (Å²) in [7, 11) is 2.25. The van der Waals surface area contributed by atoms with Gasteiger partial charge in [-0.05, 0) is 56.2 Å². The van der Waals surface area contributed by atoms with E-state index in [1.165, 1.54) is 18.4 Å².